The smallest absolute Gasteiger partial charge is 0.352 e. The van der Waals surface area contributed by atoms with Gasteiger partial charge in [0.25, 0.3) is 0 Å². The summed E-state index contributed by atoms with van der Waals surface area (Å²) >= 11 is 0. The van der Waals surface area contributed by atoms with Gasteiger partial charge in [-0.1, -0.05) is 37.3 Å². The van der Waals surface area contributed by atoms with Gasteiger partial charge in [0.2, 0.25) is 0 Å². The van der Waals surface area contributed by atoms with Crippen molar-refractivity contribution < 1.29 is 19.4 Å². The zero-order chi connectivity index (χ0) is 27.8. The molecule has 6 rings (SSSR count). The lowest BCUT2D eigenvalue weighted by atomic mass is 9.50. The Labute approximate surface area is 224 Å². The SMILES string of the molecule is COc1cc(O)ccc1[C@H]1C2=CCn3c(=O)n(-c4ccccc4)c(=O)n3[C@@H]2C[C@H]2C(=O)C(C)=C(C)C(=O)[C@@]12C. The molecular formula is C30H29N3O6. The Hall–Kier alpha value is -4.40. The topological polar surface area (TPSA) is 113 Å². The van der Waals surface area contributed by atoms with Crippen LogP contribution in [0.25, 0.3) is 5.69 Å². The zero-order valence-corrected chi connectivity index (χ0v) is 22.2. The van der Waals surface area contributed by atoms with Crippen molar-refractivity contribution in [1.29, 1.82) is 0 Å². The Balaban J connectivity index is 1.63. The summed E-state index contributed by atoms with van der Waals surface area (Å²) in [5, 5.41) is 10.2. The molecular weight excluding hydrogens is 498 g/mol. The number of aromatic hydroxyl groups is 1. The van der Waals surface area contributed by atoms with E-state index in [9.17, 15) is 24.3 Å². The summed E-state index contributed by atoms with van der Waals surface area (Å²) in [5.41, 5.74) is 0.610. The summed E-state index contributed by atoms with van der Waals surface area (Å²) in [6.45, 7) is 5.31. The Morgan fingerprint density at radius 2 is 1.69 bits per heavy atom. The minimum Gasteiger partial charge on any atom is -0.508 e. The van der Waals surface area contributed by atoms with E-state index < -0.39 is 34.7 Å². The van der Waals surface area contributed by atoms with Gasteiger partial charge in [0.15, 0.2) is 11.6 Å². The lowest BCUT2D eigenvalue weighted by molar-refractivity contribution is -0.140. The summed E-state index contributed by atoms with van der Waals surface area (Å²) < 4.78 is 9.64. The third kappa shape index (κ3) is 3.25. The maximum absolute atomic E-state index is 14.1. The number of allylic oxidation sites excluding steroid dienone is 4. The number of phenolic OH excluding ortho intramolecular Hbond substituents is 1. The number of fused-ring (bicyclic) bond motifs is 4. The van der Waals surface area contributed by atoms with Gasteiger partial charge in [0.05, 0.1) is 30.8 Å². The fourth-order valence-corrected chi connectivity index (χ4v) is 6.92. The van der Waals surface area contributed by atoms with E-state index in [2.05, 4.69) is 0 Å². The maximum atomic E-state index is 14.1. The first-order valence-electron chi connectivity index (χ1n) is 12.9. The Morgan fingerprint density at radius 3 is 2.38 bits per heavy atom. The molecule has 3 aliphatic rings. The van der Waals surface area contributed by atoms with E-state index in [-0.39, 0.29) is 30.3 Å². The van der Waals surface area contributed by atoms with Crippen LogP contribution in [0.3, 0.4) is 0 Å². The van der Waals surface area contributed by atoms with Crippen LogP contribution in [-0.2, 0) is 16.1 Å². The Bertz CT molecular complexity index is 1740. The average molecular weight is 528 g/mol. The second-order valence-electron chi connectivity index (χ2n) is 10.8. The number of benzene rings is 2. The highest BCUT2D eigenvalue weighted by molar-refractivity contribution is 6.15. The van der Waals surface area contributed by atoms with Crippen molar-refractivity contribution in [3.05, 3.63) is 97.9 Å². The monoisotopic (exact) mass is 527 g/mol. The van der Waals surface area contributed by atoms with E-state index in [4.69, 9.17) is 4.74 Å². The van der Waals surface area contributed by atoms with Crippen molar-refractivity contribution in [2.45, 2.75) is 45.7 Å². The molecule has 0 saturated heterocycles. The number of para-hydroxylation sites is 1. The number of carbonyl (C=O) groups is 2. The number of hydrogen-bond donors (Lipinski definition) is 1. The first kappa shape index (κ1) is 24.9. The Kier molecular flexibility index (Phi) is 5.47. The molecule has 0 bridgehead atoms. The van der Waals surface area contributed by atoms with Crippen LogP contribution in [0.1, 0.15) is 44.7 Å². The van der Waals surface area contributed by atoms with Crippen LogP contribution < -0.4 is 16.1 Å². The number of aromatic nitrogens is 3. The number of ketones is 2. The zero-order valence-electron chi connectivity index (χ0n) is 22.2. The summed E-state index contributed by atoms with van der Waals surface area (Å²) in [6.07, 6.45) is 2.10. The molecule has 0 unspecified atom stereocenters. The molecule has 0 amide bonds. The Morgan fingerprint density at radius 1 is 0.974 bits per heavy atom. The standard InChI is InChI=1S/C30H29N3O6/c1-16-17(2)27(36)30(3)22(26(16)35)15-23-20(25(30)21-11-10-19(34)14-24(21)39-4)12-13-31-28(37)32(29(38)33(23)31)18-8-6-5-7-9-18/h5-12,14,22-23,25,34H,13,15H2,1-4H3/t22-,23+,25+,30+/m0/s1. The number of ether oxygens (including phenoxy) is 1. The van der Waals surface area contributed by atoms with Crippen LogP contribution in [0, 0.1) is 11.3 Å². The minimum atomic E-state index is -1.15. The van der Waals surface area contributed by atoms with Crippen LogP contribution >= 0.6 is 0 Å². The number of rotatable bonds is 3. The highest BCUT2D eigenvalue weighted by Gasteiger charge is 2.60. The number of phenols is 1. The number of hydrogen-bond acceptors (Lipinski definition) is 6. The molecule has 200 valence electrons. The highest BCUT2D eigenvalue weighted by atomic mass is 16.5. The van der Waals surface area contributed by atoms with Crippen molar-refractivity contribution in [2.24, 2.45) is 11.3 Å². The molecule has 2 aliphatic carbocycles. The quantitative estimate of drug-likeness (QED) is 0.523. The fourth-order valence-electron chi connectivity index (χ4n) is 6.92. The van der Waals surface area contributed by atoms with Crippen molar-refractivity contribution in [2.75, 3.05) is 7.11 Å². The first-order chi connectivity index (χ1) is 18.6. The van der Waals surface area contributed by atoms with Gasteiger partial charge in [-0.15, -0.1) is 0 Å². The highest BCUT2D eigenvalue weighted by Crippen LogP contribution is 2.61. The van der Waals surface area contributed by atoms with Gasteiger partial charge in [-0.3, -0.25) is 9.59 Å². The second kappa shape index (κ2) is 8.56. The van der Waals surface area contributed by atoms with Crippen molar-refractivity contribution in [3.63, 3.8) is 0 Å². The van der Waals surface area contributed by atoms with Gasteiger partial charge < -0.3 is 9.84 Å². The number of nitrogens with zero attached hydrogens (tertiary/aromatic N) is 3. The molecule has 1 aliphatic heterocycles. The van der Waals surface area contributed by atoms with Crippen LogP contribution in [0.2, 0.25) is 0 Å². The van der Waals surface area contributed by atoms with Crippen LogP contribution in [0.4, 0.5) is 0 Å². The maximum Gasteiger partial charge on any atom is 0.352 e. The molecule has 1 saturated carbocycles. The van der Waals surface area contributed by atoms with Crippen LogP contribution in [-0.4, -0.2) is 37.7 Å². The van der Waals surface area contributed by atoms with Gasteiger partial charge in [-0.2, -0.15) is 0 Å². The summed E-state index contributed by atoms with van der Waals surface area (Å²) in [6, 6.07) is 12.8. The minimum absolute atomic E-state index is 0.00486. The number of Topliss-reactive ketones (excluding diaryl/α,β-unsaturated/α-hetero) is 2. The number of carbonyl (C=O) groups excluding carboxylic acids is 2. The molecule has 3 aromatic rings. The van der Waals surface area contributed by atoms with Gasteiger partial charge in [-0.05, 0) is 55.2 Å². The van der Waals surface area contributed by atoms with Gasteiger partial charge >= 0.3 is 11.4 Å². The average Bonchev–Trinajstić information content (AvgIpc) is 3.20. The largest absolute Gasteiger partial charge is 0.508 e. The second-order valence-corrected chi connectivity index (χ2v) is 10.8. The van der Waals surface area contributed by atoms with Crippen molar-refractivity contribution >= 4 is 11.6 Å². The molecule has 0 radical (unpaired) electrons. The van der Waals surface area contributed by atoms with E-state index in [1.54, 1.807) is 44.2 Å². The molecule has 1 N–H and O–H groups in total. The molecule has 4 atom stereocenters. The van der Waals surface area contributed by atoms with Crippen molar-refractivity contribution in [1.82, 2.24) is 13.9 Å². The molecule has 39 heavy (non-hydrogen) atoms. The molecule has 0 spiro atoms. The number of methoxy groups -OCH3 is 1. The fraction of sp³-hybridized carbons (Fsp3) is 0.333. The third-order valence-electron chi connectivity index (χ3n) is 8.98. The normalized spacial score (nSPS) is 26.1. The molecule has 2 aromatic carbocycles. The molecule has 9 heteroatoms. The lowest BCUT2D eigenvalue weighted by Crippen LogP contribution is -2.55. The lowest BCUT2D eigenvalue weighted by Gasteiger charge is -2.53. The van der Waals surface area contributed by atoms with Gasteiger partial charge in [0, 0.05) is 23.5 Å². The molecule has 9 nitrogen and oxygen atoms in total. The van der Waals surface area contributed by atoms with E-state index in [1.807, 2.05) is 19.1 Å². The van der Waals surface area contributed by atoms with E-state index in [0.717, 1.165) is 10.1 Å². The van der Waals surface area contributed by atoms with Crippen LogP contribution in [0.15, 0.2) is 80.9 Å². The van der Waals surface area contributed by atoms with Crippen molar-refractivity contribution in [3.8, 4) is 17.2 Å². The molecule has 2 heterocycles. The van der Waals surface area contributed by atoms with Gasteiger partial charge in [-0.25, -0.2) is 23.5 Å². The predicted molar refractivity (Wildman–Crippen MR) is 143 cm³/mol. The summed E-state index contributed by atoms with van der Waals surface area (Å²) in [5.74, 6) is -1.24. The summed E-state index contributed by atoms with van der Waals surface area (Å²) in [4.78, 5) is 55.2. The van der Waals surface area contributed by atoms with E-state index >= 15 is 0 Å². The molecule has 1 aromatic heterocycles. The van der Waals surface area contributed by atoms with E-state index in [0.29, 0.717) is 28.1 Å². The predicted octanol–water partition coefficient (Wildman–Crippen LogP) is 3.29. The first-order valence-corrected chi connectivity index (χ1v) is 12.9. The molecule has 1 fully saturated rings. The third-order valence-corrected chi connectivity index (χ3v) is 8.98. The van der Waals surface area contributed by atoms with Crippen LogP contribution in [0.5, 0.6) is 11.5 Å². The van der Waals surface area contributed by atoms with Gasteiger partial charge in [0.1, 0.15) is 11.5 Å². The summed E-state index contributed by atoms with van der Waals surface area (Å²) in [7, 11) is 1.49. The van der Waals surface area contributed by atoms with E-state index in [1.165, 1.54) is 28.6 Å².